The predicted molar refractivity (Wildman–Crippen MR) is 86.2 cm³/mol. The molecule has 0 aromatic carbocycles. The molecule has 0 unspecified atom stereocenters. The van der Waals surface area contributed by atoms with Crippen LogP contribution >= 0.6 is 11.3 Å². The zero-order valence-electron chi connectivity index (χ0n) is 13.0. The third-order valence-electron chi connectivity index (χ3n) is 4.35. The van der Waals surface area contributed by atoms with Gasteiger partial charge < -0.3 is 19.7 Å². The van der Waals surface area contributed by atoms with Crippen molar-refractivity contribution in [2.24, 2.45) is 0 Å². The first kappa shape index (κ1) is 15.8. The van der Waals surface area contributed by atoms with Crippen molar-refractivity contribution in [2.45, 2.75) is 44.4 Å². The first-order valence-corrected chi connectivity index (χ1v) is 8.98. The van der Waals surface area contributed by atoms with Crippen LogP contribution in [0.4, 0.5) is 4.79 Å². The summed E-state index contributed by atoms with van der Waals surface area (Å²) in [6.07, 6.45) is 3.18. The highest BCUT2D eigenvalue weighted by Gasteiger charge is 2.33. The summed E-state index contributed by atoms with van der Waals surface area (Å²) in [6.45, 7) is 4.77. The van der Waals surface area contributed by atoms with Crippen LogP contribution in [-0.2, 0) is 9.47 Å². The maximum Gasteiger partial charge on any atom is 0.318 e. The van der Waals surface area contributed by atoms with Crippen LogP contribution in [0, 0.1) is 0 Å². The summed E-state index contributed by atoms with van der Waals surface area (Å²) < 4.78 is 11.5. The summed E-state index contributed by atoms with van der Waals surface area (Å²) in [5.74, 6) is 0. The van der Waals surface area contributed by atoms with E-state index in [2.05, 4.69) is 18.3 Å². The minimum Gasteiger partial charge on any atom is -0.375 e. The topological polar surface area (TPSA) is 50.8 Å². The molecule has 2 amide bonds. The minimum atomic E-state index is 0.00606. The number of nitrogens with one attached hydrogen (secondary N) is 1. The lowest BCUT2D eigenvalue weighted by Crippen LogP contribution is -2.53. The third kappa shape index (κ3) is 3.62. The molecule has 1 aromatic heterocycles. The number of amides is 2. The largest absolute Gasteiger partial charge is 0.375 e. The molecule has 0 saturated carbocycles. The highest BCUT2D eigenvalue weighted by molar-refractivity contribution is 7.10. The van der Waals surface area contributed by atoms with E-state index in [1.807, 2.05) is 16.3 Å². The van der Waals surface area contributed by atoms with Crippen LogP contribution in [0.25, 0.3) is 0 Å². The van der Waals surface area contributed by atoms with E-state index in [-0.39, 0.29) is 24.3 Å². The molecule has 0 radical (unpaired) electrons. The number of carbonyl (C=O) groups is 1. The van der Waals surface area contributed by atoms with E-state index in [0.717, 1.165) is 25.9 Å². The number of urea groups is 1. The highest BCUT2D eigenvalue weighted by Crippen LogP contribution is 2.23. The lowest BCUT2D eigenvalue weighted by molar-refractivity contribution is -0.0850. The first-order chi connectivity index (χ1) is 10.8. The Hall–Kier alpha value is -1.11. The molecule has 2 saturated heterocycles. The van der Waals surface area contributed by atoms with Gasteiger partial charge in [-0.2, -0.15) is 0 Å². The summed E-state index contributed by atoms with van der Waals surface area (Å²) in [6, 6.07) is 4.20. The van der Waals surface area contributed by atoms with Gasteiger partial charge >= 0.3 is 6.03 Å². The van der Waals surface area contributed by atoms with Gasteiger partial charge in [-0.05, 0) is 30.7 Å². The highest BCUT2D eigenvalue weighted by atomic mass is 32.1. The molecular weight excluding hydrogens is 300 g/mol. The number of nitrogens with zero attached hydrogens (tertiary/aromatic N) is 1. The van der Waals surface area contributed by atoms with Gasteiger partial charge in [-0.1, -0.05) is 13.0 Å². The van der Waals surface area contributed by atoms with Crippen molar-refractivity contribution < 1.29 is 14.3 Å². The normalized spacial score (nSPS) is 26.9. The van der Waals surface area contributed by atoms with Gasteiger partial charge in [0.2, 0.25) is 0 Å². The average molecular weight is 324 g/mol. The number of hydrogen-bond donors (Lipinski definition) is 1. The fourth-order valence-corrected chi connectivity index (χ4v) is 3.95. The van der Waals surface area contributed by atoms with Crippen molar-refractivity contribution >= 4 is 17.4 Å². The predicted octanol–water partition coefficient (Wildman–Crippen LogP) is 2.79. The van der Waals surface area contributed by atoms with Gasteiger partial charge in [0.1, 0.15) is 6.10 Å². The number of carbonyl (C=O) groups excluding carboxylic acids is 1. The van der Waals surface area contributed by atoms with Crippen molar-refractivity contribution in [2.75, 3.05) is 26.3 Å². The van der Waals surface area contributed by atoms with E-state index in [1.54, 1.807) is 11.3 Å². The standard InChI is InChI=1S/C16H24N2O3S/c1-2-12(15-6-4-10-22-15)17-16(19)18-7-9-21-14(11-18)13-5-3-8-20-13/h4,6,10,12-14H,2-3,5,7-9,11H2,1H3,(H,17,19)/t12-,13+,14+/m0/s1. The lowest BCUT2D eigenvalue weighted by Gasteiger charge is -2.36. The van der Waals surface area contributed by atoms with Gasteiger partial charge in [0, 0.05) is 18.0 Å². The van der Waals surface area contributed by atoms with Crippen molar-refractivity contribution in [3.8, 4) is 0 Å². The smallest absolute Gasteiger partial charge is 0.318 e. The van der Waals surface area contributed by atoms with Crippen molar-refractivity contribution in [1.29, 1.82) is 0 Å². The van der Waals surface area contributed by atoms with E-state index in [9.17, 15) is 4.79 Å². The molecule has 22 heavy (non-hydrogen) atoms. The molecule has 0 spiro atoms. The molecule has 122 valence electrons. The van der Waals surface area contributed by atoms with Crippen molar-refractivity contribution in [1.82, 2.24) is 10.2 Å². The van der Waals surface area contributed by atoms with Gasteiger partial charge in [0.15, 0.2) is 0 Å². The second kappa shape index (κ2) is 7.44. The molecule has 2 aliphatic heterocycles. The van der Waals surface area contributed by atoms with Gasteiger partial charge in [-0.15, -0.1) is 11.3 Å². The summed E-state index contributed by atoms with van der Waals surface area (Å²) in [7, 11) is 0. The number of rotatable bonds is 4. The summed E-state index contributed by atoms with van der Waals surface area (Å²) in [5.41, 5.74) is 0. The second-order valence-electron chi connectivity index (χ2n) is 5.83. The van der Waals surface area contributed by atoms with Crippen LogP contribution in [0.15, 0.2) is 17.5 Å². The Morgan fingerprint density at radius 1 is 1.45 bits per heavy atom. The molecule has 0 bridgehead atoms. The van der Waals surface area contributed by atoms with E-state index in [0.29, 0.717) is 19.7 Å². The lowest BCUT2D eigenvalue weighted by atomic mass is 10.1. The zero-order valence-corrected chi connectivity index (χ0v) is 13.8. The van der Waals surface area contributed by atoms with Crippen LogP contribution in [-0.4, -0.2) is 49.4 Å². The number of ether oxygens (including phenoxy) is 2. The molecule has 3 heterocycles. The molecule has 6 heteroatoms. The molecule has 3 rings (SSSR count). The Labute approximate surface area is 135 Å². The van der Waals surface area contributed by atoms with Gasteiger partial charge in [-0.3, -0.25) is 0 Å². The number of hydrogen-bond acceptors (Lipinski definition) is 4. The number of morpholine rings is 1. The van der Waals surface area contributed by atoms with E-state index < -0.39 is 0 Å². The van der Waals surface area contributed by atoms with Gasteiger partial charge in [0.25, 0.3) is 0 Å². The Balaban J connectivity index is 1.56. The molecule has 3 atom stereocenters. The fraction of sp³-hybridized carbons (Fsp3) is 0.688. The Kier molecular flexibility index (Phi) is 5.33. The van der Waals surface area contributed by atoms with E-state index in [4.69, 9.17) is 9.47 Å². The SMILES string of the molecule is CC[C@H](NC(=O)N1CCO[C@@H]([C@H]2CCCO2)C1)c1cccs1. The maximum absolute atomic E-state index is 12.5. The summed E-state index contributed by atoms with van der Waals surface area (Å²) >= 11 is 1.69. The van der Waals surface area contributed by atoms with Crippen LogP contribution < -0.4 is 5.32 Å². The fourth-order valence-electron chi connectivity index (χ4n) is 3.08. The van der Waals surface area contributed by atoms with Crippen LogP contribution in [0.1, 0.15) is 37.1 Å². The third-order valence-corrected chi connectivity index (χ3v) is 5.34. The molecule has 5 nitrogen and oxygen atoms in total. The zero-order chi connectivity index (χ0) is 15.4. The molecule has 0 aliphatic carbocycles. The monoisotopic (exact) mass is 324 g/mol. The van der Waals surface area contributed by atoms with Crippen LogP contribution in [0.3, 0.4) is 0 Å². The molecule has 1 aromatic rings. The maximum atomic E-state index is 12.5. The van der Waals surface area contributed by atoms with Crippen LogP contribution in [0.5, 0.6) is 0 Å². The Bertz CT molecular complexity index is 474. The Morgan fingerprint density at radius 3 is 3.00 bits per heavy atom. The Morgan fingerprint density at radius 2 is 2.32 bits per heavy atom. The van der Waals surface area contributed by atoms with Gasteiger partial charge in [-0.25, -0.2) is 4.79 Å². The van der Waals surface area contributed by atoms with E-state index >= 15 is 0 Å². The molecular formula is C16H24N2O3S. The number of thiophene rings is 1. The average Bonchev–Trinajstić information content (AvgIpc) is 3.25. The summed E-state index contributed by atoms with van der Waals surface area (Å²) in [5, 5.41) is 5.20. The summed E-state index contributed by atoms with van der Waals surface area (Å²) in [4.78, 5) is 15.6. The van der Waals surface area contributed by atoms with Crippen molar-refractivity contribution in [3.05, 3.63) is 22.4 Å². The quantitative estimate of drug-likeness (QED) is 0.926. The minimum absolute atomic E-state index is 0.00606. The molecule has 1 N–H and O–H groups in total. The van der Waals surface area contributed by atoms with E-state index in [1.165, 1.54) is 4.88 Å². The first-order valence-electron chi connectivity index (χ1n) is 8.10. The van der Waals surface area contributed by atoms with Crippen molar-refractivity contribution in [3.63, 3.8) is 0 Å². The molecule has 2 aliphatic rings. The molecule has 2 fully saturated rings. The van der Waals surface area contributed by atoms with Crippen LogP contribution in [0.2, 0.25) is 0 Å². The van der Waals surface area contributed by atoms with Gasteiger partial charge in [0.05, 0.1) is 25.3 Å². The second-order valence-corrected chi connectivity index (χ2v) is 6.81.